The topological polar surface area (TPSA) is 37.0 Å². The summed E-state index contributed by atoms with van der Waals surface area (Å²) in [6, 6.07) is 6.56. The van der Waals surface area contributed by atoms with Crippen LogP contribution in [0.15, 0.2) is 24.4 Å². The Morgan fingerprint density at radius 3 is 3.17 bits per heavy atom. The molecule has 0 spiro atoms. The molecule has 0 amide bonds. The molecule has 0 aliphatic carbocycles. The molecular weight excluding hydrogens is 289 g/mol. The van der Waals surface area contributed by atoms with E-state index in [9.17, 15) is 0 Å². The molecular formula is C14H23N3Se. The number of nitrogens with zero attached hydrogens (tertiary/aromatic N) is 1. The molecule has 0 aromatic carbocycles. The first-order chi connectivity index (χ1) is 8.90. The summed E-state index contributed by atoms with van der Waals surface area (Å²) in [5, 5.41) is 8.72. The Morgan fingerprint density at radius 1 is 1.44 bits per heavy atom. The summed E-state index contributed by atoms with van der Waals surface area (Å²) >= 11 is 0.717. The number of rotatable bonds is 5. The molecule has 3 nitrogen and oxygen atoms in total. The Kier molecular flexibility index (Phi) is 6.15. The average Bonchev–Trinajstić information content (AvgIpc) is 2.66. The van der Waals surface area contributed by atoms with Crippen molar-refractivity contribution in [3.63, 3.8) is 0 Å². The predicted octanol–water partition coefficient (Wildman–Crippen LogP) is 1.95. The summed E-state index contributed by atoms with van der Waals surface area (Å²) in [4.78, 5) is 5.18. The van der Waals surface area contributed by atoms with E-state index in [1.807, 2.05) is 12.3 Å². The van der Waals surface area contributed by atoms with E-state index >= 15 is 0 Å². The van der Waals surface area contributed by atoms with Crippen LogP contribution in [-0.2, 0) is 0 Å². The van der Waals surface area contributed by atoms with E-state index in [2.05, 4.69) is 34.7 Å². The standard InChI is InChI=1S/C14H23N3Se/c1-2-3-10-18-14-7-9-15-11-13(17-14)12-6-4-5-8-16-12/h4-6,8,13-15,17H,2-3,7,9-11H2,1H3. The van der Waals surface area contributed by atoms with Gasteiger partial charge in [-0.25, -0.2) is 0 Å². The fourth-order valence-corrected chi connectivity index (χ4v) is 4.82. The SMILES string of the molecule is CCCC[Se]C1CCNCC(c2ccccn2)N1. The number of unbranched alkanes of at least 4 members (excludes halogenated alkanes) is 1. The molecule has 2 unspecified atom stereocenters. The van der Waals surface area contributed by atoms with Gasteiger partial charge in [-0.1, -0.05) is 0 Å². The summed E-state index contributed by atoms with van der Waals surface area (Å²) in [7, 11) is 0. The van der Waals surface area contributed by atoms with Crippen LogP contribution in [0.5, 0.6) is 0 Å². The summed E-state index contributed by atoms with van der Waals surface area (Å²) in [6.45, 7) is 4.40. The monoisotopic (exact) mass is 313 g/mol. The van der Waals surface area contributed by atoms with Gasteiger partial charge in [0.15, 0.2) is 0 Å². The van der Waals surface area contributed by atoms with Crippen molar-refractivity contribution in [2.24, 2.45) is 0 Å². The molecule has 0 bridgehead atoms. The van der Waals surface area contributed by atoms with Gasteiger partial charge in [0, 0.05) is 0 Å². The van der Waals surface area contributed by atoms with Crippen LogP contribution in [0, 0.1) is 0 Å². The van der Waals surface area contributed by atoms with Gasteiger partial charge in [0.05, 0.1) is 0 Å². The Morgan fingerprint density at radius 2 is 2.39 bits per heavy atom. The van der Waals surface area contributed by atoms with Crippen LogP contribution in [0.4, 0.5) is 0 Å². The van der Waals surface area contributed by atoms with Gasteiger partial charge in [-0.2, -0.15) is 0 Å². The average molecular weight is 312 g/mol. The Hall–Kier alpha value is -0.411. The van der Waals surface area contributed by atoms with Crippen molar-refractivity contribution in [2.45, 2.75) is 42.5 Å². The second-order valence-corrected chi connectivity index (χ2v) is 7.43. The van der Waals surface area contributed by atoms with Gasteiger partial charge in [0.25, 0.3) is 0 Å². The van der Waals surface area contributed by atoms with E-state index in [4.69, 9.17) is 0 Å². The van der Waals surface area contributed by atoms with Crippen molar-refractivity contribution < 1.29 is 0 Å². The summed E-state index contributed by atoms with van der Waals surface area (Å²) in [6.07, 6.45) is 5.84. The van der Waals surface area contributed by atoms with Crippen molar-refractivity contribution in [1.82, 2.24) is 15.6 Å². The molecule has 0 saturated carbocycles. The zero-order valence-corrected chi connectivity index (χ0v) is 12.8. The van der Waals surface area contributed by atoms with Crippen LogP contribution in [0.1, 0.15) is 37.9 Å². The van der Waals surface area contributed by atoms with E-state index in [1.54, 1.807) is 0 Å². The summed E-state index contributed by atoms with van der Waals surface area (Å²) in [5.74, 6) is 0. The van der Waals surface area contributed by atoms with Crippen LogP contribution in [-0.4, -0.2) is 38.0 Å². The van der Waals surface area contributed by atoms with Gasteiger partial charge in [0.1, 0.15) is 0 Å². The summed E-state index contributed by atoms with van der Waals surface area (Å²) < 4.78 is 0. The zero-order valence-electron chi connectivity index (χ0n) is 11.1. The van der Waals surface area contributed by atoms with Crippen LogP contribution >= 0.6 is 0 Å². The first-order valence-corrected chi connectivity index (χ1v) is 9.09. The number of aromatic nitrogens is 1. The number of nitrogens with one attached hydrogen (secondary N) is 2. The van der Waals surface area contributed by atoms with Crippen molar-refractivity contribution in [3.8, 4) is 0 Å². The first kappa shape index (κ1) is 14.0. The molecule has 2 atom stereocenters. The van der Waals surface area contributed by atoms with Gasteiger partial charge in [-0.3, -0.25) is 0 Å². The second-order valence-electron chi connectivity index (χ2n) is 4.68. The van der Waals surface area contributed by atoms with E-state index in [0.717, 1.165) is 28.0 Å². The fourth-order valence-electron chi connectivity index (χ4n) is 2.12. The van der Waals surface area contributed by atoms with Gasteiger partial charge < -0.3 is 0 Å². The maximum atomic E-state index is 4.48. The molecule has 1 aliphatic rings. The molecule has 2 heterocycles. The minimum atomic E-state index is 0.377. The van der Waals surface area contributed by atoms with Crippen molar-refractivity contribution in [2.75, 3.05) is 13.1 Å². The van der Waals surface area contributed by atoms with Crippen molar-refractivity contribution in [1.29, 1.82) is 0 Å². The molecule has 2 rings (SSSR count). The fraction of sp³-hybridized carbons (Fsp3) is 0.643. The van der Waals surface area contributed by atoms with Crippen LogP contribution in [0.3, 0.4) is 0 Å². The van der Waals surface area contributed by atoms with Gasteiger partial charge in [-0.05, 0) is 0 Å². The van der Waals surface area contributed by atoms with Crippen LogP contribution in [0.25, 0.3) is 0 Å². The predicted molar refractivity (Wildman–Crippen MR) is 76.9 cm³/mol. The van der Waals surface area contributed by atoms with Gasteiger partial charge in [-0.15, -0.1) is 0 Å². The van der Waals surface area contributed by atoms with E-state index in [0.29, 0.717) is 11.0 Å². The molecule has 0 radical (unpaired) electrons. The van der Waals surface area contributed by atoms with Crippen molar-refractivity contribution in [3.05, 3.63) is 30.1 Å². The maximum absolute atomic E-state index is 4.48. The Balaban J connectivity index is 1.91. The van der Waals surface area contributed by atoms with Crippen molar-refractivity contribution >= 4 is 15.0 Å². The normalized spacial score (nSPS) is 24.7. The van der Waals surface area contributed by atoms with Gasteiger partial charge >= 0.3 is 116 Å². The molecule has 1 saturated heterocycles. The third-order valence-corrected chi connectivity index (χ3v) is 5.90. The van der Waals surface area contributed by atoms with Crippen LogP contribution in [0.2, 0.25) is 5.32 Å². The molecule has 1 aromatic rings. The molecule has 2 N–H and O–H groups in total. The van der Waals surface area contributed by atoms with E-state index < -0.39 is 0 Å². The Bertz CT molecular complexity index is 331. The number of pyridine rings is 1. The molecule has 18 heavy (non-hydrogen) atoms. The Labute approximate surface area is 116 Å². The molecule has 100 valence electrons. The third kappa shape index (κ3) is 4.36. The van der Waals surface area contributed by atoms with E-state index in [-0.39, 0.29) is 0 Å². The number of hydrogen-bond acceptors (Lipinski definition) is 3. The first-order valence-electron chi connectivity index (χ1n) is 6.89. The molecule has 1 aromatic heterocycles. The molecule has 1 aliphatic heterocycles. The van der Waals surface area contributed by atoms with Gasteiger partial charge in [0.2, 0.25) is 0 Å². The molecule has 4 heteroatoms. The quantitative estimate of drug-likeness (QED) is 0.645. The van der Waals surface area contributed by atoms with E-state index in [1.165, 1.54) is 30.3 Å². The van der Waals surface area contributed by atoms with Crippen LogP contribution < -0.4 is 10.6 Å². The minimum absolute atomic E-state index is 0.377. The molecule has 1 fully saturated rings. The summed E-state index contributed by atoms with van der Waals surface area (Å²) in [5.41, 5.74) is 1.17. The number of hydrogen-bond donors (Lipinski definition) is 2. The third-order valence-electron chi connectivity index (χ3n) is 3.18. The second kappa shape index (κ2) is 7.90. The zero-order chi connectivity index (χ0) is 12.6.